The summed E-state index contributed by atoms with van der Waals surface area (Å²) in [5, 5.41) is 14.6. The number of anilines is 1. The van der Waals surface area contributed by atoms with Crippen LogP contribution in [0.1, 0.15) is 36.7 Å². The van der Waals surface area contributed by atoms with Crippen molar-refractivity contribution in [2.75, 3.05) is 5.32 Å². The number of benzene rings is 2. The summed E-state index contributed by atoms with van der Waals surface area (Å²) in [4.78, 5) is 27.8. The summed E-state index contributed by atoms with van der Waals surface area (Å²) in [6.07, 6.45) is 1.98. The number of carbonyl (C=O) groups is 1. The fraction of sp³-hybridized carbons (Fsp3) is 0.200. The Labute approximate surface area is 201 Å². The number of nitro groups is 1. The normalized spacial score (nSPS) is 11.4. The third-order valence-corrected chi connectivity index (χ3v) is 5.31. The third kappa shape index (κ3) is 4.87. The first-order valence-electron chi connectivity index (χ1n) is 10.6. The molecule has 0 unspecified atom stereocenters. The Bertz CT molecular complexity index is 1410. The molecule has 4 rings (SSSR count). The molecule has 0 radical (unpaired) electrons. The highest BCUT2D eigenvalue weighted by Gasteiger charge is 2.20. The van der Waals surface area contributed by atoms with Crippen LogP contribution in [0.2, 0.25) is 5.02 Å². The minimum atomic E-state index is -0.717. The number of fused-ring (bicyclic) bond motifs is 1. The second-order valence-corrected chi connectivity index (χ2v) is 9.36. The highest BCUT2D eigenvalue weighted by Crippen LogP contribution is 2.32. The third-order valence-electron chi connectivity index (χ3n) is 4.99. The van der Waals surface area contributed by atoms with Crippen molar-refractivity contribution < 1.29 is 14.5 Å². The van der Waals surface area contributed by atoms with Crippen molar-refractivity contribution in [2.45, 2.75) is 33.2 Å². The van der Waals surface area contributed by atoms with Gasteiger partial charge in [-0.1, -0.05) is 11.6 Å². The minimum Gasteiger partial charge on any atom is -0.423 e. The van der Waals surface area contributed by atoms with Crippen LogP contribution in [0.4, 0.5) is 11.5 Å². The number of nitro benzene ring substituents is 1. The first-order chi connectivity index (χ1) is 16.0. The van der Waals surface area contributed by atoms with Gasteiger partial charge < -0.3 is 10.1 Å². The van der Waals surface area contributed by atoms with E-state index in [1.165, 1.54) is 12.1 Å². The summed E-state index contributed by atoms with van der Waals surface area (Å²) < 4.78 is 7.41. The molecule has 0 bridgehead atoms. The van der Waals surface area contributed by atoms with E-state index in [1.807, 2.05) is 41.8 Å². The molecule has 2 aromatic carbocycles. The van der Waals surface area contributed by atoms with E-state index in [1.54, 1.807) is 12.1 Å². The van der Waals surface area contributed by atoms with Gasteiger partial charge in [0.05, 0.1) is 10.5 Å². The molecule has 0 fully saturated rings. The molecule has 8 nitrogen and oxygen atoms in total. The lowest BCUT2D eigenvalue weighted by Gasteiger charge is -2.22. The van der Waals surface area contributed by atoms with Crippen molar-refractivity contribution in [1.29, 1.82) is 0 Å². The van der Waals surface area contributed by atoms with E-state index in [-0.39, 0.29) is 21.8 Å². The number of aromatic nitrogens is 2. The van der Waals surface area contributed by atoms with Gasteiger partial charge >= 0.3 is 5.97 Å². The second kappa shape index (κ2) is 8.79. The van der Waals surface area contributed by atoms with Gasteiger partial charge in [-0.3, -0.25) is 14.5 Å². The summed E-state index contributed by atoms with van der Waals surface area (Å²) in [6.45, 7) is 8.25. The van der Waals surface area contributed by atoms with E-state index in [2.05, 4.69) is 26.1 Å². The van der Waals surface area contributed by atoms with Gasteiger partial charge in [-0.2, -0.15) is 0 Å². The van der Waals surface area contributed by atoms with Gasteiger partial charge in [-0.15, -0.1) is 0 Å². The second-order valence-electron chi connectivity index (χ2n) is 8.95. The molecule has 9 heteroatoms. The number of nitrogens with one attached hydrogen (secondary N) is 1. The van der Waals surface area contributed by atoms with E-state index < -0.39 is 10.9 Å². The fourth-order valence-electron chi connectivity index (χ4n) is 3.45. The summed E-state index contributed by atoms with van der Waals surface area (Å²) in [6, 6.07) is 14.8. The molecule has 0 saturated carbocycles. The number of aryl methyl sites for hydroxylation is 1. The van der Waals surface area contributed by atoms with Crippen LogP contribution < -0.4 is 10.1 Å². The number of pyridine rings is 1. The average molecular weight is 479 g/mol. The van der Waals surface area contributed by atoms with E-state index in [9.17, 15) is 14.9 Å². The van der Waals surface area contributed by atoms with Crippen molar-refractivity contribution in [3.8, 4) is 17.0 Å². The molecule has 174 valence electrons. The molecular weight excluding hydrogens is 456 g/mol. The molecule has 1 N–H and O–H groups in total. The van der Waals surface area contributed by atoms with Crippen LogP contribution in [-0.4, -0.2) is 25.8 Å². The topological polar surface area (TPSA) is 98.8 Å². The van der Waals surface area contributed by atoms with Crippen molar-refractivity contribution in [2.24, 2.45) is 0 Å². The molecule has 0 aliphatic rings. The summed E-state index contributed by atoms with van der Waals surface area (Å²) in [7, 11) is 0. The van der Waals surface area contributed by atoms with E-state index >= 15 is 0 Å². The van der Waals surface area contributed by atoms with Gasteiger partial charge in [0.15, 0.2) is 0 Å². The van der Waals surface area contributed by atoms with Gasteiger partial charge in [0.25, 0.3) is 5.69 Å². The summed E-state index contributed by atoms with van der Waals surface area (Å²) in [5.74, 6) is 0.447. The number of imidazole rings is 1. The average Bonchev–Trinajstić information content (AvgIpc) is 3.10. The quantitative estimate of drug-likeness (QED) is 0.156. The molecule has 4 aromatic rings. The zero-order chi connectivity index (χ0) is 24.6. The van der Waals surface area contributed by atoms with Gasteiger partial charge in [0, 0.05) is 23.4 Å². The Balaban J connectivity index is 1.63. The zero-order valence-electron chi connectivity index (χ0n) is 19.1. The largest absolute Gasteiger partial charge is 0.423 e. The predicted octanol–water partition coefficient (Wildman–Crippen LogP) is 6.30. The maximum atomic E-state index is 12.5. The molecule has 2 aromatic heterocycles. The van der Waals surface area contributed by atoms with Crippen LogP contribution in [0.25, 0.3) is 16.9 Å². The number of rotatable bonds is 5. The summed E-state index contributed by atoms with van der Waals surface area (Å²) >= 11 is 5.82. The number of esters is 1. The summed E-state index contributed by atoms with van der Waals surface area (Å²) in [5.41, 5.74) is 3.03. The number of hydrogen-bond donors (Lipinski definition) is 1. The Hall–Kier alpha value is -3.91. The van der Waals surface area contributed by atoms with Crippen molar-refractivity contribution in [1.82, 2.24) is 9.38 Å². The molecule has 0 aliphatic carbocycles. The molecule has 0 saturated heterocycles. The first-order valence-corrected chi connectivity index (χ1v) is 10.9. The minimum absolute atomic E-state index is 0.0348. The lowest BCUT2D eigenvalue weighted by Crippen LogP contribution is -2.27. The maximum Gasteiger partial charge on any atom is 0.343 e. The van der Waals surface area contributed by atoms with Crippen LogP contribution in [0, 0.1) is 17.0 Å². The molecule has 34 heavy (non-hydrogen) atoms. The number of hydrogen-bond acceptors (Lipinski definition) is 6. The number of carbonyl (C=O) groups excluding carboxylic acids is 1. The molecule has 2 heterocycles. The van der Waals surface area contributed by atoms with E-state index in [0.29, 0.717) is 5.75 Å². The van der Waals surface area contributed by atoms with Gasteiger partial charge in [0.2, 0.25) is 0 Å². The fourth-order valence-corrected chi connectivity index (χ4v) is 3.64. The van der Waals surface area contributed by atoms with Crippen LogP contribution in [0.5, 0.6) is 5.75 Å². The highest BCUT2D eigenvalue weighted by molar-refractivity contribution is 6.32. The highest BCUT2D eigenvalue weighted by atomic mass is 35.5. The molecule has 0 spiro atoms. The predicted molar refractivity (Wildman–Crippen MR) is 132 cm³/mol. The van der Waals surface area contributed by atoms with Crippen LogP contribution in [0.3, 0.4) is 0 Å². The van der Waals surface area contributed by atoms with Crippen molar-refractivity contribution in [3.05, 3.63) is 87.1 Å². The maximum absolute atomic E-state index is 12.5. The van der Waals surface area contributed by atoms with Crippen molar-refractivity contribution >= 4 is 34.7 Å². The van der Waals surface area contributed by atoms with Gasteiger partial charge in [-0.05, 0) is 81.8 Å². The Kier molecular flexibility index (Phi) is 6.01. The zero-order valence-corrected chi connectivity index (χ0v) is 19.9. The van der Waals surface area contributed by atoms with Gasteiger partial charge in [-0.25, -0.2) is 9.78 Å². The Morgan fingerprint density at radius 3 is 2.47 bits per heavy atom. The monoisotopic (exact) mass is 478 g/mol. The first kappa shape index (κ1) is 23.3. The Morgan fingerprint density at radius 2 is 1.82 bits per heavy atom. The molecule has 0 amide bonds. The SMILES string of the molecule is Cc1ccn2c(NC(C)(C)C)c(-c3ccc(OC(=O)c4ccc(Cl)c([N+](=O)[O-])c4)cc3)nc2c1. The van der Waals surface area contributed by atoms with Crippen LogP contribution in [0.15, 0.2) is 60.8 Å². The Morgan fingerprint density at radius 1 is 1.12 bits per heavy atom. The molecule has 0 atom stereocenters. The van der Waals surface area contributed by atoms with E-state index in [4.69, 9.17) is 21.3 Å². The van der Waals surface area contributed by atoms with E-state index in [0.717, 1.165) is 34.4 Å². The van der Waals surface area contributed by atoms with Gasteiger partial charge in [0.1, 0.15) is 27.9 Å². The lowest BCUT2D eigenvalue weighted by molar-refractivity contribution is -0.384. The number of nitrogens with zero attached hydrogens (tertiary/aromatic N) is 3. The van der Waals surface area contributed by atoms with Crippen molar-refractivity contribution in [3.63, 3.8) is 0 Å². The number of ether oxygens (including phenoxy) is 1. The molecule has 0 aliphatic heterocycles. The molecular formula is C25H23ClN4O4. The van der Waals surface area contributed by atoms with Crippen LogP contribution >= 0.6 is 11.6 Å². The van der Waals surface area contributed by atoms with Crippen LogP contribution in [-0.2, 0) is 0 Å². The standard InChI is InChI=1S/C25H23ClN4O4/c1-15-11-12-29-21(13-15)27-22(23(29)28-25(2,3)4)16-5-8-18(9-6-16)34-24(31)17-7-10-19(26)20(14-17)30(32)33/h5-14,28H,1-4H3. The number of halogens is 1. The smallest absolute Gasteiger partial charge is 0.343 e. The lowest BCUT2D eigenvalue weighted by atomic mass is 10.1.